The summed E-state index contributed by atoms with van der Waals surface area (Å²) < 4.78 is 5.19. The van der Waals surface area contributed by atoms with E-state index in [2.05, 4.69) is 16.0 Å². The summed E-state index contributed by atoms with van der Waals surface area (Å²) in [4.78, 5) is 48.9. The molecule has 0 saturated carbocycles. The highest BCUT2D eigenvalue weighted by atomic mass is 16.5. The van der Waals surface area contributed by atoms with Crippen molar-refractivity contribution in [2.45, 2.75) is 58.2 Å². The van der Waals surface area contributed by atoms with E-state index in [1.165, 1.54) is 0 Å². The zero-order valence-electron chi connectivity index (χ0n) is 16.9. The van der Waals surface area contributed by atoms with E-state index in [9.17, 15) is 19.2 Å². The van der Waals surface area contributed by atoms with Crippen molar-refractivity contribution < 1.29 is 23.9 Å². The third-order valence-corrected chi connectivity index (χ3v) is 4.59. The van der Waals surface area contributed by atoms with Gasteiger partial charge in [0.05, 0.1) is 6.04 Å². The average Bonchev–Trinajstić information content (AvgIpc) is 2.69. The van der Waals surface area contributed by atoms with Crippen molar-refractivity contribution >= 4 is 23.7 Å². The van der Waals surface area contributed by atoms with Crippen molar-refractivity contribution in [2.24, 2.45) is 5.92 Å². The van der Waals surface area contributed by atoms with Gasteiger partial charge in [0.25, 0.3) is 5.91 Å². The van der Waals surface area contributed by atoms with E-state index >= 15 is 0 Å². The lowest BCUT2D eigenvalue weighted by atomic mass is 9.99. The largest absolute Gasteiger partial charge is 0.445 e. The van der Waals surface area contributed by atoms with Crippen LogP contribution in [0.5, 0.6) is 0 Å². The molecule has 1 aliphatic heterocycles. The molecule has 3 amide bonds. The molecule has 8 nitrogen and oxygen atoms in total. The number of hydrogen-bond donors (Lipinski definition) is 3. The van der Waals surface area contributed by atoms with Crippen molar-refractivity contribution in [3.63, 3.8) is 0 Å². The second-order valence-electron chi connectivity index (χ2n) is 7.57. The monoisotopic (exact) mass is 403 g/mol. The zero-order valence-corrected chi connectivity index (χ0v) is 16.9. The van der Waals surface area contributed by atoms with Crippen LogP contribution in [0.4, 0.5) is 4.79 Å². The highest BCUT2D eigenvalue weighted by molar-refractivity contribution is 6.38. The van der Waals surface area contributed by atoms with E-state index < -0.39 is 35.8 Å². The maximum absolute atomic E-state index is 12.7. The summed E-state index contributed by atoms with van der Waals surface area (Å²) in [6, 6.07) is 7.46. The van der Waals surface area contributed by atoms with E-state index in [1.54, 1.807) is 0 Å². The number of benzene rings is 1. The zero-order chi connectivity index (χ0) is 21.2. The predicted molar refractivity (Wildman–Crippen MR) is 107 cm³/mol. The molecular weight excluding hydrogens is 374 g/mol. The molecule has 0 radical (unpaired) electrons. The third-order valence-electron chi connectivity index (χ3n) is 4.59. The first kappa shape index (κ1) is 22.4. The molecule has 0 spiro atoms. The Bertz CT molecular complexity index is 720. The molecule has 0 aliphatic carbocycles. The Kier molecular flexibility index (Phi) is 8.64. The molecule has 1 saturated heterocycles. The normalized spacial score (nSPS) is 18.2. The standard InChI is InChI=1S/C21H29N3O5/c1-14(2)12-17(24-21(28)29-13-15-8-4-3-5-9-15)19(26)23-16-10-6-7-11-22-20(27)18(16)25/h3-5,8-9,14,16-17H,6-7,10-13H2,1-2H3,(H,22,27)(H,23,26)(H,24,28). The predicted octanol–water partition coefficient (Wildman–Crippen LogP) is 1.68. The van der Waals surface area contributed by atoms with Gasteiger partial charge in [0.1, 0.15) is 12.6 Å². The second-order valence-corrected chi connectivity index (χ2v) is 7.57. The van der Waals surface area contributed by atoms with Crippen molar-refractivity contribution in [3.8, 4) is 0 Å². The van der Waals surface area contributed by atoms with E-state index in [-0.39, 0.29) is 12.5 Å². The van der Waals surface area contributed by atoms with Crippen molar-refractivity contribution in [1.82, 2.24) is 16.0 Å². The van der Waals surface area contributed by atoms with Crippen LogP contribution in [-0.2, 0) is 25.7 Å². The van der Waals surface area contributed by atoms with E-state index in [4.69, 9.17) is 4.74 Å². The molecule has 2 unspecified atom stereocenters. The van der Waals surface area contributed by atoms with Gasteiger partial charge in [0.2, 0.25) is 11.7 Å². The van der Waals surface area contributed by atoms with Crippen LogP contribution in [0.15, 0.2) is 30.3 Å². The van der Waals surface area contributed by atoms with Crippen molar-refractivity contribution in [1.29, 1.82) is 0 Å². The quantitative estimate of drug-likeness (QED) is 0.600. The van der Waals surface area contributed by atoms with Crippen LogP contribution in [0.3, 0.4) is 0 Å². The fraction of sp³-hybridized carbons (Fsp3) is 0.524. The summed E-state index contributed by atoms with van der Waals surface area (Å²) in [5.41, 5.74) is 0.832. The summed E-state index contributed by atoms with van der Waals surface area (Å²) in [5.74, 6) is -1.72. The summed E-state index contributed by atoms with van der Waals surface area (Å²) in [5, 5.41) is 7.74. The summed E-state index contributed by atoms with van der Waals surface area (Å²) in [7, 11) is 0. The lowest BCUT2D eigenvalue weighted by Gasteiger charge is -2.24. The first-order valence-electron chi connectivity index (χ1n) is 9.96. The smallest absolute Gasteiger partial charge is 0.408 e. The Balaban J connectivity index is 1.96. The van der Waals surface area contributed by atoms with Crippen LogP contribution in [0.25, 0.3) is 0 Å². The fourth-order valence-electron chi connectivity index (χ4n) is 3.07. The number of ketones is 1. The van der Waals surface area contributed by atoms with Crippen molar-refractivity contribution in [2.75, 3.05) is 6.54 Å². The number of Topliss-reactive ketones (excluding diaryl/α,β-unsaturated/α-hetero) is 1. The summed E-state index contributed by atoms with van der Waals surface area (Å²) in [6.07, 6.45) is 1.50. The Morgan fingerprint density at radius 2 is 1.90 bits per heavy atom. The Morgan fingerprint density at radius 1 is 1.17 bits per heavy atom. The molecule has 0 aromatic heterocycles. The minimum absolute atomic E-state index is 0.0873. The van der Waals surface area contributed by atoms with E-state index in [0.29, 0.717) is 25.8 Å². The minimum Gasteiger partial charge on any atom is -0.445 e. The molecule has 1 fully saturated rings. The second kappa shape index (κ2) is 11.2. The number of nitrogens with one attached hydrogen (secondary N) is 3. The first-order chi connectivity index (χ1) is 13.9. The van der Waals surface area contributed by atoms with Gasteiger partial charge < -0.3 is 20.7 Å². The number of ether oxygens (including phenoxy) is 1. The molecule has 0 bridgehead atoms. The third kappa shape index (κ3) is 7.56. The van der Waals surface area contributed by atoms with Gasteiger partial charge in [-0.2, -0.15) is 0 Å². The van der Waals surface area contributed by atoms with Gasteiger partial charge in [0.15, 0.2) is 0 Å². The molecular formula is C21H29N3O5. The average molecular weight is 403 g/mol. The summed E-state index contributed by atoms with van der Waals surface area (Å²) >= 11 is 0. The number of carbonyl (C=O) groups excluding carboxylic acids is 4. The van der Waals surface area contributed by atoms with E-state index in [1.807, 2.05) is 44.2 Å². The summed E-state index contributed by atoms with van der Waals surface area (Å²) in [6.45, 7) is 4.39. The van der Waals surface area contributed by atoms with Crippen LogP contribution >= 0.6 is 0 Å². The highest BCUT2D eigenvalue weighted by Crippen LogP contribution is 2.10. The first-order valence-corrected chi connectivity index (χ1v) is 9.96. The van der Waals surface area contributed by atoms with Crippen LogP contribution in [0, 0.1) is 5.92 Å². The molecule has 2 rings (SSSR count). The minimum atomic E-state index is -0.889. The van der Waals surface area contributed by atoms with Gasteiger partial charge in [-0.3, -0.25) is 14.4 Å². The SMILES string of the molecule is CC(C)CC(NC(=O)OCc1ccccc1)C(=O)NC1CCCCNC(=O)C1=O. The molecule has 1 aliphatic rings. The van der Waals surface area contributed by atoms with Gasteiger partial charge >= 0.3 is 6.09 Å². The Labute approximate surface area is 170 Å². The number of hydrogen-bond acceptors (Lipinski definition) is 5. The molecule has 29 heavy (non-hydrogen) atoms. The number of rotatable bonds is 7. The fourth-order valence-corrected chi connectivity index (χ4v) is 3.07. The number of alkyl carbamates (subject to hydrolysis) is 1. The molecule has 2 atom stereocenters. The van der Waals surface area contributed by atoms with Crippen LogP contribution in [0.2, 0.25) is 0 Å². The maximum atomic E-state index is 12.7. The van der Waals surface area contributed by atoms with Crippen LogP contribution < -0.4 is 16.0 Å². The molecule has 8 heteroatoms. The van der Waals surface area contributed by atoms with Gasteiger partial charge in [-0.15, -0.1) is 0 Å². The number of amides is 3. The van der Waals surface area contributed by atoms with Crippen LogP contribution in [-0.4, -0.2) is 42.3 Å². The van der Waals surface area contributed by atoms with Crippen LogP contribution in [0.1, 0.15) is 45.1 Å². The number of carbonyl (C=O) groups is 4. The molecule has 1 aromatic rings. The Hall–Kier alpha value is -2.90. The Morgan fingerprint density at radius 3 is 2.59 bits per heavy atom. The van der Waals surface area contributed by atoms with Gasteiger partial charge in [-0.25, -0.2) is 4.79 Å². The molecule has 158 valence electrons. The van der Waals surface area contributed by atoms with Gasteiger partial charge in [-0.05, 0) is 37.2 Å². The lowest BCUT2D eigenvalue weighted by molar-refractivity contribution is -0.140. The lowest BCUT2D eigenvalue weighted by Crippen LogP contribution is -2.54. The van der Waals surface area contributed by atoms with Gasteiger partial charge in [-0.1, -0.05) is 44.2 Å². The highest BCUT2D eigenvalue weighted by Gasteiger charge is 2.31. The molecule has 1 aromatic carbocycles. The topological polar surface area (TPSA) is 114 Å². The molecule has 3 N–H and O–H groups in total. The maximum Gasteiger partial charge on any atom is 0.408 e. The van der Waals surface area contributed by atoms with E-state index in [0.717, 1.165) is 12.0 Å². The van der Waals surface area contributed by atoms with Gasteiger partial charge in [0, 0.05) is 6.54 Å². The molecule has 1 heterocycles. The van der Waals surface area contributed by atoms with Crippen molar-refractivity contribution in [3.05, 3.63) is 35.9 Å².